The summed E-state index contributed by atoms with van der Waals surface area (Å²) in [6.45, 7) is 6.73. The molecule has 30 heavy (non-hydrogen) atoms. The monoisotopic (exact) mass is 432 g/mol. The van der Waals surface area contributed by atoms with Crippen LogP contribution in [0, 0.1) is 23.7 Å². The second-order valence-corrected chi connectivity index (χ2v) is 7.52. The molecule has 1 aliphatic carbocycles. The quantitative estimate of drug-likeness (QED) is 0.341. The maximum Gasteiger partial charge on any atom is 0.311 e. The van der Waals surface area contributed by atoms with E-state index in [1.807, 2.05) is 0 Å². The maximum atomic E-state index is 12.8. The summed E-state index contributed by atoms with van der Waals surface area (Å²) >= 11 is 0. The fourth-order valence-electron chi connectivity index (χ4n) is 3.46. The first kappa shape index (κ1) is 25.8. The van der Waals surface area contributed by atoms with Crippen molar-refractivity contribution in [1.29, 1.82) is 0 Å². The molecule has 0 aromatic heterocycles. The van der Waals surface area contributed by atoms with Crippen LogP contribution in [0.25, 0.3) is 0 Å². The molecule has 0 saturated heterocycles. The highest BCUT2D eigenvalue weighted by atomic mass is 16.6. The molecule has 0 aromatic carbocycles. The summed E-state index contributed by atoms with van der Waals surface area (Å²) in [5.74, 6) is -8.16. The van der Waals surface area contributed by atoms with Gasteiger partial charge in [0.1, 0.15) is 12.2 Å². The molecule has 1 aliphatic rings. The summed E-state index contributed by atoms with van der Waals surface area (Å²) in [6, 6.07) is 0. The third-order valence-corrected chi connectivity index (χ3v) is 4.63. The van der Waals surface area contributed by atoms with Crippen LogP contribution in [0.5, 0.6) is 0 Å². The molecule has 0 bridgehead atoms. The second kappa shape index (κ2) is 11.8. The lowest BCUT2D eigenvalue weighted by atomic mass is 9.56. The van der Waals surface area contributed by atoms with E-state index in [2.05, 4.69) is 0 Å². The van der Waals surface area contributed by atoms with E-state index in [1.54, 1.807) is 27.7 Å². The second-order valence-electron chi connectivity index (χ2n) is 7.52. The van der Waals surface area contributed by atoms with Gasteiger partial charge in [-0.1, -0.05) is 0 Å². The average molecular weight is 432 g/mol. The number of hydrogen-bond donors (Lipinski definition) is 0. The molecule has 0 radical (unpaired) electrons. The van der Waals surface area contributed by atoms with E-state index >= 15 is 0 Å². The van der Waals surface area contributed by atoms with Crippen LogP contribution >= 0.6 is 0 Å². The maximum absolute atomic E-state index is 12.8. The molecule has 172 valence electrons. The predicted octanol–water partition coefficient (Wildman–Crippen LogP) is 0.746. The van der Waals surface area contributed by atoms with Crippen LogP contribution in [-0.4, -0.2) is 76.7 Å². The van der Waals surface area contributed by atoms with Gasteiger partial charge in [0.15, 0.2) is 0 Å². The Morgan fingerprint density at radius 2 is 0.933 bits per heavy atom. The van der Waals surface area contributed by atoms with Gasteiger partial charge in [0.2, 0.25) is 0 Å². The van der Waals surface area contributed by atoms with Crippen molar-refractivity contribution in [2.24, 2.45) is 23.7 Å². The van der Waals surface area contributed by atoms with Crippen LogP contribution < -0.4 is 0 Å². The van der Waals surface area contributed by atoms with E-state index in [9.17, 15) is 19.2 Å². The Hall–Kier alpha value is -2.20. The van der Waals surface area contributed by atoms with E-state index < -0.39 is 65.9 Å². The molecule has 0 heterocycles. The van der Waals surface area contributed by atoms with Gasteiger partial charge in [-0.2, -0.15) is 0 Å². The molecular formula is C20H32O10. The Labute approximate surface area is 176 Å². The molecule has 0 amide bonds. The Kier molecular flexibility index (Phi) is 10.2. The van der Waals surface area contributed by atoms with Crippen molar-refractivity contribution in [1.82, 2.24) is 0 Å². The summed E-state index contributed by atoms with van der Waals surface area (Å²) in [5.41, 5.74) is 0. The Balaban J connectivity index is 3.21. The number of methoxy groups -OCH3 is 3. The predicted molar refractivity (Wildman–Crippen MR) is 102 cm³/mol. The van der Waals surface area contributed by atoms with Crippen LogP contribution in [0.1, 0.15) is 27.7 Å². The zero-order chi connectivity index (χ0) is 23.0. The molecule has 1 saturated carbocycles. The lowest BCUT2D eigenvalue weighted by Crippen LogP contribution is -2.61. The number of ether oxygens (including phenoxy) is 6. The van der Waals surface area contributed by atoms with Crippen LogP contribution in [0.15, 0.2) is 0 Å². The Morgan fingerprint density at radius 3 is 1.23 bits per heavy atom. The van der Waals surface area contributed by atoms with Gasteiger partial charge in [0.05, 0.1) is 50.1 Å². The zero-order valence-corrected chi connectivity index (χ0v) is 18.5. The summed E-state index contributed by atoms with van der Waals surface area (Å²) < 4.78 is 30.5. The lowest BCUT2D eigenvalue weighted by Gasteiger charge is -2.45. The molecule has 0 spiro atoms. The number of hydrogen-bond acceptors (Lipinski definition) is 10. The van der Waals surface area contributed by atoms with Crippen molar-refractivity contribution in [3.63, 3.8) is 0 Å². The molecular weight excluding hydrogens is 400 g/mol. The summed E-state index contributed by atoms with van der Waals surface area (Å²) in [7, 11) is 4.02. The first-order chi connectivity index (χ1) is 14.1. The normalized spacial score (nSPS) is 24.9. The van der Waals surface area contributed by atoms with Gasteiger partial charge in [0, 0.05) is 14.2 Å². The molecule has 0 aromatic rings. The van der Waals surface area contributed by atoms with Crippen molar-refractivity contribution >= 4 is 23.9 Å². The summed E-state index contributed by atoms with van der Waals surface area (Å²) in [5, 5.41) is 0. The van der Waals surface area contributed by atoms with E-state index in [1.165, 1.54) is 14.2 Å². The van der Waals surface area contributed by atoms with E-state index in [0.29, 0.717) is 0 Å². The molecule has 1 rings (SSSR count). The molecule has 6 unspecified atom stereocenters. The summed E-state index contributed by atoms with van der Waals surface area (Å²) in [4.78, 5) is 50.6. The lowest BCUT2D eigenvalue weighted by molar-refractivity contribution is -0.204. The van der Waals surface area contributed by atoms with Crippen LogP contribution in [0.3, 0.4) is 0 Å². The molecule has 6 atom stereocenters. The number of carbonyl (C=O) groups excluding carboxylic acids is 4. The third kappa shape index (κ3) is 6.40. The minimum atomic E-state index is -1.25. The highest BCUT2D eigenvalue weighted by Crippen LogP contribution is 2.49. The largest absolute Gasteiger partial charge is 0.469 e. The highest BCUT2D eigenvalue weighted by Gasteiger charge is 2.66. The number of rotatable bonds is 11. The fraction of sp³-hybridized carbons (Fsp3) is 0.800. The third-order valence-electron chi connectivity index (χ3n) is 4.63. The molecule has 0 N–H and O–H groups in total. The van der Waals surface area contributed by atoms with Gasteiger partial charge in [-0.25, -0.2) is 0 Å². The van der Waals surface area contributed by atoms with E-state index in [4.69, 9.17) is 28.4 Å². The smallest absolute Gasteiger partial charge is 0.311 e. The molecule has 0 aliphatic heterocycles. The van der Waals surface area contributed by atoms with Crippen molar-refractivity contribution in [2.45, 2.75) is 46.0 Å². The summed E-state index contributed by atoms with van der Waals surface area (Å²) in [6.07, 6.45) is -1.72. The van der Waals surface area contributed by atoms with Crippen molar-refractivity contribution < 1.29 is 47.6 Å². The van der Waals surface area contributed by atoms with Gasteiger partial charge in [-0.05, 0) is 27.7 Å². The standard InChI is InChI=1S/C20H32O10/c1-10(2)28-18(22)14-13(17(21)27-7)15(19(23)29-11(3)8-25-5)16(14)20(24)30-12(4)9-26-6/h10-16H,8-9H2,1-7H3. The molecule has 10 nitrogen and oxygen atoms in total. The van der Waals surface area contributed by atoms with Crippen LogP contribution in [0.2, 0.25) is 0 Å². The van der Waals surface area contributed by atoms with Crippen molar-refractivity contribution in [3.8, 4) is 0 Å². The average Bonchev–Trinajstić information content (AvgIpc) is 2.60. The van der Waals surface area contributed by atoms with E-state index in [-0.39, 0.29) is 13.2 Å². The topological polar surface area (TPSA) is 124 Å². The molecule has 1 fully saturated rings. The van der Waals surface area contributed by atoms with Crippen molar-refractivity contribution in [2.75, 3.05) is 34.5 Å². The molecule has 10 heteroatoms. The van der Waals surface area contributed by atoms with E-state index in [0.717, 1.165) is 7.11 Å². The van der Waals surface area contributed by atoms with Gasteiger partial charge in [-0.15, -0.1) is 0 Å². The first-order valence-electron chi connectivity index (χ1n) is 9.76. The van der Waals surface area contributed by atoms with Gasteiger partial charge < -0.3 is 28.4 Å². The van der Waals surface area contributed by atoms with Gasteiger partial charge in [0.25, 0.3) is 0 Å². The SMILES string of the molecule is COCC(C)OC(=O)C1C(C(=O)OC)C(C(=O)OC(C)C)C1C(=O)OC(C)COC. The van der Waals surface area contributed by atoms with Gasteiger partial charge >= 0.3 is 23.9 Å². The minimum absolute atomic E-state index is 0.125. The fourth-order valence-corrected chi connectivity index (χ4v) is 3.46. The zero-order valence-electron chi connectivity index (χ0n) is 18.5. The number of esters is 4. The van der Waals surface area contributed by atoms with Crippen LogP contribution in [0.4, 0.5) is 0 Å². The highest BCUT2D eigenvalue weighted by molar-refractivity contribution is 5.97. The van der Waals surface area contributed by atoms with Crippen LogP contribution in [-0.2, 0) is 47.6 Å². The Bertz CT molecular complexity index is 617. The van der Waals surface area contributed by atoms with Crippen molar-refractivity contribution in [3.05, 3.63) is 0 Å². The van der Waals surface area contributed by atoms with Gasteiger partial charge in [-0.3, -0.25) is 19.2 Å². The Morgan fingerprint density at radius 1 is 0.600 bits per heavy atom. The minimum Gasteiger partial charge on any atom is -0.469 e. The first-order valence-corrected chi connectivity index (χ1v) is 9.76. The number of carbonyl (C=O) groups is 4.